The second kappa shape index (κ2) is 5.30. The molecule has 0 saturated carbocycles. The first-order valence-corrected chi connectivity index (χ1v) is 5.34. The summed E-state index contributed by atoms with van der Waals surface area (Å²) in [6, 6.07) is 11.3. The molecule has 1 aromatic heterocycles. The van der Waals surface area contributed by atoms with Gasteiger partial charge in [0.15, 0.2) is 0 Å². The number of pyridine rings is 1. The summed E-state index contributed by atoms with van der Waals surface area (Å²) >= 11 is 5.86. The molecule has 0 aliphatic heterocycles. The molecule has 0 bridgehead atoms. The lowest BCUT2D eigenvalue weighted by atomic mass is 10.2. The highest BCUT2D eigenvalue weighted by Gasteiger charge is 2.12. The molecule has 18 heavy (non-hydrogen) atoms. The van der Waals surface area contributed by atoms with Crippen molar-refractivity contribution < 1.29 is 9.53 Å². The standard InChI is InChI=1S/C13H6ClN2O2/c14-11-4-2-1-3-10(11)13(17)18-12-6-5-9(7-15)8-16-12/h1-6H. The number of hydrogen-bond acceptors (Lipinski definition) is 4. The van der Waals surface area contributed by atoms with Crippen molar-refractivity contribution >= 4 is 17.6 Å². The van der Waals surface area contributed by atoms with Crippen LogP contribution in [0.2, 0.25) is 5.02 Å². The molecule has 0 aliphatic rings. The Morgan fingerprint density at radius 3 is 2.72 bits per heavy atom. The lowest BCUT2D eigenvalue weighted by molar-refractivity contribution is 0.0727. The van der Waals surface area contributed by atoms with Crippen LogP contribution in [0.15, 0.2) is 36.4 Å². The highest BCUT2D eigenvalue weighted by Crippen LogP contribution is 2.17. The molecule has 87 valence electrons. The van der Waals surface area contributed by atoms with Crippen LogP contribution in [-0.2, 0) is 0 Å². The van der Waals surface area contributed by atoms with Gasteiger partial charge in [0.2, 0.25) is 5.88 Å². The predicted octanol–water partition coefficient (Wildman–Crippen LogP) is 2.63. The van der Waals surface area contributed by atoms with Gasteiger partial charge in [0, 0.05) is 6.07 Å². The van der Waals surface area contributed by atoms with Gasteiger partial charge < -0.3 is 4.74 Å². The summed E-state index contributed by atoms with van der Waals surface area (Å²) in [6.07, 6.45) is 2.44. The van der Waals surface area contributed by atoms with E-state index in [1.807, 2.05) is 6.07 Å². The number of carbonyl (C=O) groups excluding carboxylic acids is 1. The summed E-state index contributed by atoms with van der Waals surface area (Å²) in [5.41, 5.74) is 0.526. The molecular weight excluding hydrogens is 252 g/mol. The average molecular weight is 258 g/mol. The Morgan fingerprint density at radius 1 is 1.33 bits per heavy atom. The molecule has 0 unspecified atom stereocenters. The van der Waals surface area contributed by atoms with Crippen molar-refractivity contribution in [2.45, 2.75) is 0 Å². The zero-order valence-electron chi connectivity index (χ0n) is 9.05. The van der Waals surface area contributed by atoms with E-state index in [2.05, 4.69) is 11.2 Å². The van der Waals surface area contributed by atoms with E-state index in [9.17, 15) is 4.79 Å². The van der Waals surface area contributed by atoms with Crippen molar-refractivity contribution in [1.29, 1.82) is 5.26 Å². The summed E-state index contributed by atoms with van der Waals surface area (Å²) in [4.78, 5) is 15.5. The van der Waals surface area contributed by atoms with E-state index >= 15 is 0 Å². The molecule has 0 spiro atoms. The molecule has 4 nitrogen and oxygen atoms in total. The second-order valence-electron chi connectivity index (χ2n) is 3.29. The lowest BCUT2D eigenvalue weighted by Gasteiger charge is -2.04. The summed E-state index contributed by atoms with van der Waals surface area (Å²) < 4.78 is 5.01. The Labute approximate surface area is 108 Å². The Hall–Kier alpha value is -2.38. The number of nitrogens with zero attached hydrogens (tertiary/aromatic N) is 2. The topological polar surface area (TPSA) is 63.0 Å². The minimum atomic E-state index is -0.605. The number of nitriles is 1. The Kier molecular flexibility index (Phi) is 3.56. The van der Waals surface area contributed by atoms with Gasteiger partial charge in [-0.05, 0) is 18.2 Å². The minimum Gasteiger partial charge on any atom is -0.404 e. The number of benzene rings is 1. The summed E-state index contributed by atoms with van der Waals surface area (Å²) in [5, 5.41) is 8.88. The van der Waals surface area contributed by atoms with Crippen LogP contribution >= 0.6 is 11.6 Å². The van der Waals surface area contributed by atoms with Crippen LogP contribution < -0.4 is 4.74 Å². The largest absolute Gasteiger partial charge is 0.404 e. The molecule has 2 aromatic rings. The summed E-state index contributed by atoms with van der Waals surface area (Å²) in [7, 11) is 0. The Balaban J connectivity index is 2.17. The van der Waals surface area contributed by atoms with Gasteiger partial charge >= 0.3 is 5.97 Å². The maximum Gasteiger partial charge on any atom is 0.346 e. The van der Waals surface area contributed by atoms with Crippen molar-refractivity contribution in [3.63, 3.8) is 0 Å². The van der Waals surface area contributed by atoms with E-state index in [4.69, 9.17) is 21.6 Å². The third-order valence-electron chi connectivity index (χ3n) is 2.09. The number of carbonyl (C=O) groups is 1. The third-order valence-corrected chi connectivity index (χ3v) is 2.42. The third kappa shape index (κ3) is 2.65. The normalized spacial score (nSPS) is 9.56. The number of halogens is 1. The van der Waals surface area contributed by atoms with Crippen molar-refractivity contribution in [1.82, 2.24) is 4.98 Å². The first-order chi connectivity index (χ1) is 8.70. The second-order valence-corrected chi connectivity index (χ2v) is 3.70. The van der Waals surface area contributed by atoms with Gasteiger partial charge in [0.25, 0.3) is 0 Å². The minimum absolute atomic E-state index is 0.0684. The van der Waals surface area contributed by atoms with E-state index in [0.29, 0.717) is 5.02 Å². The molecule has 0 aliphatic carbocycles. The average Bonchev–Trinajstić information content (AvgIpc) is 2.40. The van der Waals surface area contributed by atoms with Crippen molar-refractivity contribution in [2.75, 3.05) is 0 Å². The van der Waals surface area contributed by atoms with E-state index in [0.717, 1.165) is 0 Å². The van der Waals surface area contributed by atoms with Crippen molar-refractivity contribution in [3.05, 3.63) is 58.7 Å². The highest BCUT2D eigenvalue weighted by molar-refractivity contribution is 6.33. The van der Waals surface area contributed by atoms with Gasteiger partial charge in [-0.25, -0.2) is 9.78 Å². The van der Waals surface area contributed by atoms with E-state index in [1.165, 1.54) is 12.1 Å². The fourth-order valence-corrected chi connectivity index (χ4v) is 1.45. The van der Waals surface area contributed by atoms with Crippen molar-refractivity contribution in [2.24, 2.45) is 0 Å². The number of rotatable bonds is 2. The zero-order chi connectivity index (χ0) is 13.0. The van der Waals surface area contributed by atoms with Gasteiger partial charge in [0.1, 0.15) is 12.3 Å². The molecule has 0 atom stereocenters. The first kappa shape index (κ1) is 12.1. The zero-order valence-corrected chi connectivity index (χ0v) is 9.81. The van der Waals surface area contributed by atoms with Crippen LogP contribution in [-0.4, -0.2) is 11.0 Å². The van der Waals surface area contributed by atoms with Crippen LogP contribution in [0.5, 0.6) is 5.88 Å². The van der Waals surface area contributed by atoms with E-state index < -0.39 is 5.97 Å². The van der Waals surface area contributed by atoms with Crippen LogP contribution in [0.3, 0.4) is 0 Å². The fraction of sp³-hybridized carbons (Fsp3) is 0. The molecule has 5 heteroatoms. The number of ether oxygens (including phenoxy) is 1. The molecule has 0 saturated heterocycles. The number of hydrogen-bond donors (Lipinski definition) is 0. The fourth-order valence-electron chi connectivity index (χ4n) is 1.24. The highest BCUT2D eigenvalue weighted by atomic mass is 35.5. The molecule has 1 radical (unpaired) electrons. The van der Waals surface area contributed by atoms with Crippen LogP contribution in [0.1, 0.15) is 15.9 Å². The molecule has 0 fully saturated rings. The SMILES string of the molecule is N#Cc1[c]nc(OC(=O)c2ccccc2Cl)cc1. The van der Waals surface area contributed by atoms with Gasteiger partial charge in [-0.1, -0.05) is 23.7 Å². The molecule has 2 rings (SSSR count). The number of esters is 1. The monoisotopic (exact) mass is 257 g/mol. The van der Waals surface area contributed by atoms with Gasteiger partial charge in [-0.15, -0.1) is 0 Å². The quantitative estimate of drug-likeness (QED) is 0.776. The van der Waals surface area contributed by atoms with Crippen LogP contribution in [0, 0.1) is 17.5 Å². The van der Waals surface area contributed by atoms with E-state index in [1.54, 1.807) is 24.3 Å². The number of aromatic nitrogens is 1. The van der Waals surface area contributed by atoms with Crippen LogP contribution in [0.25, 0.3) is 0 Å². The summed E-state index contributed by atoms with van der Waals surface area (Å²) in [6.45, 7) is 0. The smallest absolute Gasteiger partial charge is 0.346 e. The Morgan fingerprint density at radius 2 is 2.11 bits per heavy atom. The van der Waals surface area contributed by atoms with Gasteiger partial charge in [0.05, 0.1) is 16.1 Å². The molecule has 0 amide bonds. The van der Waals surface area contributed by atoms with Gasteiger partial charge in [-0.3, -0.25) is 0 Å². The van der Waals surface area contributed by atoms with Crippen molar-refractivity contribution in [3.8, 4) is 11.9 Å². The van der Waals surface area contributed by atoms with Crippen LogP contribution in [0.4, 0.5) is 0 Å². The van der Waals surface area contributed by atoms with E-state index in [-0.39, 0.29) is 17.0 Å². The molecule has 0 N–H and O–H groups in total. The lowest BCUT2D eigenvalue weighted by Crippen LogP contribution is -2.09. The molecule has 1 heterocycles. The predicted molar refractivity (Wildman–Crippen MR) is 64.2 cm³/mol. The summed E-state index contributed by atoms with van der Waals surface area (Å²) in [5.74, 6) is -0.537. The van der Waals surface area contributed by atoms with Gasteiger partial charge in [-0.2, -0.15) is 5.26 Å². The molecular formula is C13H6ClN2O2. The Bertz CT molecular complexity index is 618. The maximum absolute atomic E-state index is 11.8. The molecule has 1 aromatic carbocycles. The first-order valence-electron chi connectivity index (χ1n) is 4.96. The maximum atomic E-state index is 11.8.